The van der Waals surface area contributed by atoms with E-state index in [9.17, 15) is 4.39 Å². The van der Waals surface area contributed by atoms with Gasteiger partial charge < -0.3 is 4.84 Å². The highest BCUT2D eigenvalue weighted by Crippen LogP contribution is 1.99. The average Bonchev–Trinajstić information content (AvgIpc) is 1.68. The summed E-state index contributed by atoms with van der Waals surface area (Å²) in [5, 5.41) is 0. The maximum Gasteiger partial charge on any atom is 0.0897 e. The van der Waals surface area contributed by atoms with Gasteiger partial charge in [-0.1, -0.05) is 6.92 Å². The van der Waals surface area contributed by atoms with Crippen LogP contribution in [-0.4, -0.2) is 13.3 Å². The van der Waals surface area contributed by atoms with Gasteiger partial charge in [-0.2, -0.15) is 0 Å². The maximum absolute atomic E-state index is 11.5. The summed E-state index contributed by atoms with van der Waals surface area (Å²) >= 11 is 0. The van der Waals surface area contributed by atoms with Crippen LogP contribution in [0, 0.1) is 5.92 Å². The first-order valence-electron chi connectivity index (χ1n) is 2.69. The molecular formula is C5H12FNO. The van der Waals surface area contributed by atoms with Crippen LogP contribution in [0.2, 0.25) is 0 Å². The van der Waals surface area contributed by atoms with Gasteiger partial charge in [-0.3, -0.25) is 4.39 Å². The van der Waals surface area contributed by atoms with Gasteiger partial charge in [-0.25, -0.2) is 5.90 Å². The molecule has 0 aliphatic heterocycles. The topological polar surface area (TPSA) is 35.2 Å². The maximum atomic E-state index is 11.5. The van der Waals surface area contributed by atoms with E-state index in [1.165, 1.54) is 0 Å². The number of hydrogen-bond donors (Lipinski definition) is 1. The van der Waals surface area contributed by atoms with Crippen molar-refractivity contribution in [3.05, 3.63) is 0 Å². The van der Waals surface area contributed by atoms with Crippen LogP contribution in [0.3, 0.4) is 0 Å². The fraction of sp³-hybridized carbons (Fsp3) is 1.00. The molecule has 1 atom stereocenters. The Bertz CT molecular complexity index is 45.7. The van der Waals surface area contributed by atoms with E-state index in [1.54, 1.807) is 0 Å². The molecule has 0 rings (SSSR count). The SMILES string of the molecule is CC(CCF)CON. The molecule has 0 aromatic rings. The Kier molecular flexibility index (Phi) is 4.90. The van der Waals surface area contributed by atoms with Crippen molar-refractivity contribution >= 4 is 0 Å². The van der Waals surface area contributed by atoms with Gasteiger partial charge in [0.25, 0.3) is 0 Å². The molecule has 0 amide bonds. The summed E-state index contributed by atoms with van der Waals surface area (Å²) in [4.78, 5) is 4.29. The molecule has 0 bridgehead atoms. The zero-order valence-corrected chi connectivity index (χ0v) is 5.06. The highest BCUT2D eigenvalue weighted by atomic mass is 19.1. The van der Waals surface area contributed by atoms with Gasteiger partial charge in [-0.15, -0.1) is 0 Å². The van der Waals surface area contributed by atoms with Crippen molar-refractivity contribution in [3.8, 4) is 0 Å². The molecule has 0 fully saturated rings. The lowest BCUT2D eigenvalue weighted by atomic mass is 10.1. The molecule has 3 heteroatoms. The summed E-state index contributed by atoms with van der Waals surface area (Å²) in [5.74, 6) is 4.98. The quantitative estimate of drug-likeness (QED) is 0.560. The van der Waals surface area contributed by atoms with Crippen LogP contribution in [0.15, 0.2) is 0 Å². The summed E-state index contributed by atoms with van der Waals surface area (Å²) in [7, 11) is 0. The van der Waals surface area contributed by atoms with Crippen LogP contribution >= 0.6 is 0 Å². The molecule has 8 heavy (non-hydrogen) atoms. The smallest absolute Gasteiger partial charge is 0.0897 e. The molecular weight excluding hydrogens is 109 g/mol. The summed E-state index contributed by atoms with van der Waals surface area (Å²) in [6, 6.07) is 0. The third-order valence-electron chi connectivity index (χ3n) is 0.983. The van der Waals surface area contributed by atoms with E-state index in [1.807, 2.05) is 6.92 Å². The van der Waals surface area contributed by atoms with Crippen LogP contribution in [0.25, 0.3) is 0 Å². The van der Waals surface area contributed by atoms with E-state index in [4.69, 9.17) is 5.90 Å². The molecule has 0 spiro atoms. The molecule has 0 saturated heterocycles. The Labute approximate surface area is 48.8 Å². The van der Waals surface area contributed by atoms with Gasteiger partial charge in [0, 0.05) is 0 Å². The Morgan fingerprint density at radius 2 is 2.38 bits per heavy atom. The lowest BCUT2D eigenvalue weighted by molar-refractivity contribution is 0.101. The second kappa shape index (κ2) is 5.00. The highest BCUT2D eigenvalue weighted by molar-refractivity contribution is 4.47. The lowest BCUT2D eigenvalue weighted by Gasteiger charge is -2.04. The van der Waals surface area contributed by atoms with Crippen molar-refractivity contribution in [2.24, 2.45) is 11.8 Å². The minimum Gasteiger partial charge on any atom is -0.304 e. The third-order valence-corrected chi connectivity index (χ3v) is 0.983. The zero-order valence-electron chi connectivity index (χ0n) is 5.06. The van der Waals surface area contributed by atoms with E-state index in [0.717, 1.165) is 0 Å². The van der Waals surface area contributed by atoms with Crippen LogP contribution in [0.4, 0.5) is 4.39 Å². The van der Waals surface area contributed by atoms with Crippen molar-refractivity contribution < 1.29 is 9.23 Å². The molecule has 50 valence electrons. The number of alkyl halides is 1. The molecule has 0 aromatic carbocycles. The summed E-state index contributed by atoms with van der Waals surface area (Å²) in [5.41, 5.74) is 0. The van der Waals surface area contributed by atoms with Gasteiger partial charge in [0.05, 0.1) is 13.3 Å². The first-order chi connectivity index (χ1) is 3.81. The fourth-order valence-corrected chi connectivity index (χ4v) is 0.434. The van der Waals surface area contributed by atoms with Gasteiger partial charge in [0.15, 0.2) is 0 Å². The Balaban J connectivity index is 2.92. The molecule has 0 aromatic heterocycles. The molecule has 0 saturated carbocycles. The van der Waals surface area contributed by atoms with E-state index in [-0.39, 0.29) is 12.6 Å². The predicted molar refractivity (Wildman–Crippen MR) is 29.9 cm³/mol. The van der Waals surface area contributed by atoms with E-state index >= 15 is 0 Å². The Morgan fingerprint density at radius 3 is 2.75 bits per heavy atom. The predicted octanol–water partition coefficient (Wildman–Crippen LogP) is 0.872. The molecule has 0 aliphatic carbocycles. The second-order valence-corrected chi connectivity index (χ2v) is 1.92. The molecule has 2 N–H and O–H groups in total. The molecule has 0 aliphatic rings. The van der Waals surface area contributed by atoms with Crippen LogP contribution in [0.1, 0.15) is 13.3 Å². The van der Waals surface area contributed by atoms with Gasteiger partial charge in [-0.05, 0) is 12.3 Å². The average molecular weight is 121 g/mol. The van der Waals surface area contributed by atoms with Crippen molar-refractivity contribution in [1.29, 1.82) is 0 Å². The van der Waals surface area contributed by atoms with Gasteiger partial charge >= 0.3 is 0 Å². The van der Waals surface area contributed by atoms with Gasteiger partial charge in [0.1, 0.15) is 0 Å². The minimum absolute atomic E-state index is 0.241. The summed E-state index contributed by atoms with van der Waals surface area (Å²) < 4.78 is 11.5. The standard InChI is InChI=1S/C5H12FNO/c1-5(2-3-6)4-8-7/h5H,2-4,7H2,1H3. The fourth-order valence-electron chi connectivity index (χ4n) is 0.434. The molecule has 2 nitrogen and oxygen atoms in total. The van der Waals surface area contributed by atoms with Crippen LogP contribution < -0.4 is 5.90 Å². The summed E-state index contributed by atoms with van der Waals surface area (Å²) in [6.07, 6.45) is 0.539. The summed E-state index contributed by atoms with van der Waals surface area (Å²) in [6.45, 7) is 2.06. The minimum atomic E-state index is -0.287. The van der Waals surface area contributed by atoms with Crippen LogP contribution in [-0.2, 0) is 4.84 Å². The zero-order chi connectivity index (χ0) is 6.41. The molecule has 0 heterocycles. The van der Waals surface area contributed by atoms with E-state index in [0.29, 0.717) is 13.0 Å². The number of halogens is 1. The number of rotatable bonds is 4. The van der Waals surface area contributed by atoms with Crippen molar-refractivity contribution in [2.75, 3.05) is 13.3 Å². The van der Waals surface area contributed by atoms with Crippen molar-refractivity contribution in [1.82, 2.24) is 0 Å². The largest absolute Gasteiger partial charge is 0.304 e. The van der Waals surface area contributed by atoms with Crippen molar-refractivity contribution in [3.63, 3.8) is 0 Å². The van der Waals surface area contributed by atoms with E-state index < -0.39 is 0 Å². The van der Waals surface area contributed by atoms with Crippen LogP contribution in [0.5, 0.6) is 0 Å². The molecule has 0 radical (unpaired) electrons. The molecule has 1 unspecified atom stereocenters. The monoisotopic (exact) mass is 121 g/mol. The van der Waals surface area contributed by atoms with Gasteiger partial charge in [0.2, 0.25) is 0 Å². The Morgan fingerprint density at radius 1 is 1.75 bits per heavy atom. The first-order valence-corrected chi connectivity index (χ1v) is 2.69. The second-order valence-electron chi connectivity index (χ2n) is 1.92. The number of hydrogen-bond acceptors (Lipinski definition) is 2. The normalized spacial score (nSPS) is 13.9. The lowest BCUT2D eigenvalue weighted by Crippen LogP contribution is -2.10. The number of nitrogens with two attached hydrogens (primary N) is 1. The first kappa shape index (κ1) is 7.85. The Hall–Kier alpha value is -0.150. The third kappa shape index (κ3) is 4.02. The van der Waals surface area contributed by atoms with Crippen molar-refractivity contribution in [2.45, 2.75) is 13.3 Å². The van der Waals surface area contributed by atoms with E-state index in [2.05, 4.69) is 4.84 Å². The highest BCUT2D eigenvalue weighted by Gasteiger charge is 1.98.